The van der Waals surface area contributed by atoms with Crippen LogP contribution in [0.3, 0.4) is 0 Å². The summed E-state index contributed by atoms with van der Waals surface area (Å²) >= 11 is 5.88. The van der Waals surface area contributed by atoms with Crippen molar-refractivity contribution >= 4 is 17.3 Å². The fourth-order valence-corrected chi connectivity index (χ4v) is 3.13. The average molecular weight is 287 g/mol. The van der Waals surface area contributed by atoms with Crippen LogP contribution in [0.1, 0.15) is 35.6 Å². The molecule has 0 amide bonds. The molecule has 1 aromatic carbocycles. The van der Waals surface area contributed by atoms with Crippen LogP contribution in [0.4, 0.5) is 5.69 Å². The molecule has 20 heavy (non-hydrogen) atoms. The molecule has 1 aromatic heterocycles. The standard InChI is InChI=1S/C17H19ClN2/c1-11-5-3-4-6-15(11)13-9-14(10-13)20-16-7-8-17(18)19-12(16)2/h3-8,13-14,20H,9-10H2,1-2H3. The quantitative estimate of drug-likeness (QED) is 0.827. The molecule has 2 aromatic rings. The summed E-state index contributed by atoms with van der Waals surface area (Å²) in [5.41, 5.74) is 4.97. The van der Waals surface area contributed by atoms with Crippen LogP contribution in [-0.2, 0) is 0 Å². The Balaban J connectivity index is 1.62. The summed E-state index contributed by atoms with van der Waals surface area (Å²) in [6.07, 6.45) is 2.37. The third-order valence-electron chi connectivity index (χ3n) is 4.18. The second kappa shape index (κ2) is 5.45. The maximum Gasteiger partial charge on any atom is 0.129 e. The summed E-state index contributed by atoms with van der Waals surface area (Å²) < 4.78 is 0. The first-order valence-corrected chi connectivity index (χ1v) is 7.46. The second-order valence-corrected chi connectivity index (χ2v) is 6.02. The Morgan fingerprint density at radius 1 is 1.10 bits per heavy atom. The van der Waals surface area contributed by atoms with Gasteiger partial charge in [-0.3, -0.25) is 0 Å². The van der Waals surface area contributed by atoms with Crippen LogP contribution in [0, 0.1) is 13.8 Å². The van der Waals surface area contributed by atoms with Crippen LogP contribution in [0.15, 0.2) is 36.4 Å². The van der Waals surface area contributed by atoms with Crippen LogP contribution in [0.25, 0.3) is 0 Å². The van der Waals surface area contributed by atoms with Gasteiger partial charge in [-0.05, 0) is 55.9 Å². The first-order valence-electron chi connectivity index (χ1n) is 7.08. The number of halogens is 1. The largest absolute Gasteiger partial charge is 0.381 e. The van der Waals surface area contributed by atoms with Gasteiger partial charge in [0.1, 0.15) is 5.15 Å². The Labute approximate surface area is 125 Å². The van der Waals surface area contributed by atoms with Crippen LogP contribution < -0.4 is 5.32 Å². The third kappa shape index (κ3) is 2.66. The van der Waals surface area contributed by atoms with E-state index in [9.17, 15) is 0 Å². The lowest BCUT2D eigenvalue weighted by Gasteiger charge is -2.37. The summed E-state index contributed by atoms with van der Waals surface area (Å²) in [5, 5.41) is 4.13. The van der Waals surface area contributed by atoms with Gasteiger partial charge in [-0.2, -0.15) is 0 Å². The zero-order valence-corrected chi connectivity index (χ0v) is 12.6. The fourth-order valence-electron chi connectivity index (χ4n) is 2.94. The average Bonchev–Trinajstić information content (AvgIpc) is 2.37. The van der Waals surface area contributed by atoms with Crippen LogP contribution in [0.2, 0.25) is 5.15 Å². The molecule has 1 N–H and O–H groups in total. The van der Waals surface area contributed by atoms with E-state index in [-0.39, 0.29) is 0 Å². The van der Waals surface area contributed by atoms with E-state index >= 15 is 0 Å². The molecule has 3 rings (SSSR count). The fraction of sp³-hybridized carbons (Fsp3) is 0.353. The molecule has 0 atom stereocenters. The molecule has 0 saturated heterocycles. The normalized spacial score (nSPS) is 21.4. The smallest absolute Gasteiger partial charge is 0.129 e. The molecule has 1 fully saturated rings. The van der Waals surface area contributed by atoms with Gasteiger partial charge in [0.25, 0.3) is 0 Å². The number of nitrogens with one attached hydrogen (secondary N) is 1. The Bertz CT molecular complexity index is 618. The monoisotopic (exact) mass is 286 g/mol. The molecule has 1 saturated carbocycles. The van der Waals surface area contributed by atoms with Crippen molar-refractivity contribution in [1.82, 2.24) is 4.98 Å². The van der Waals surface area contributed by atoms with E-state index in [4.69, 9.17) is 11.6 Å². The van der Waals surface area contributed by atoms with Gasteiger partial charge in [0.05, 0.1) is 11.4 Å². The molecular formula is C17H19ClN2. The van der Waals surface area contributed by atoms with Gasteiger partial charge in [-0.1, -0.05) is 35.9 Å². The highest BCUT2D eigenvalue weighted by Crippen LogP contribution is 2.39. The van der Waals surface area contributed by atoms with Crippen LogP contribution in [-0.4, -0.2) is 11.0 Å². The van der Waals surface area contributed by atoms with E-state index in [1.807, 2.05) is 19.1 Å². The molecule has 0 radical (unpaired) electrons. The van der Waals surface area contributed by atoms with Crippen molar-refractivity contribution in [2.24, 2.45) is 0 Å². The van der Waals surface area contributed by atoms with Crippen molar-refractivity contribution in [1.29, 1.82) is 0 Å². The first-order chi connectivity index (χ1) is 9.63. The van der Waals surface area contributed by atoms with Gasteiger partial charge in [0, 0.05) is 6.04 Å². The van der Waals surface area contributed by atoms with Gasteiger partial charge in [0.15, 0.2) is 0 Å². The predicted octanol–water partition coefficient (Wildman–Crippen LogP) is 4.71. The second-order valence-electron chi connectivity index (χ2n) is 5.63. The highest BCUT2D eigenvalue weighted by Gasteiger charge is 2.31. The van der Waals surface area contributed by atoms with Gasteiger partial charge in [-0.15, -0.1) is 0 Å². The van der Waals surface area contributed by atoms with Gasteiger partial charge < -0.3 is 5.32 Å². The van der Waals surface area contributed by atoms with E-state index < -0.39 is 0 Å². The zero-order chi connectivity index (χ0) is 14.1. The minimum absolute atomic E-state index is 0.543. The van der Waals surface area contributed by atoms with E-state index in [1.54, 1.807) is 0 Å². The number of aromatic nitrogens is 1. The summed E-state index contributed by atoms with van der Waals surface area (Å²) in [7, 11) is 0. The Kier molecular flexibility index (Phi) is 3.66. The highest BCUT2D eigenvalue weighted by molar-refractivity contribution is 6.29. The molecule has 2 nitrogen and oxygen atoms in total. The van der Waals surface area contributed by atoms with E-state index in [2.05, 4.69) is 41.5 Å². The minimum Gasteiger partial charge on any atom is -0.381 e. The summed E-state index contributed by atoms with van der Waals surface area (Å²) in [4.78, 5) is 4.28. The third-order valence-corrected chi connectivity index (χ3v) is 4.39. The van der Waals surface area contributed by atoms with Crippen molar-refractivity contribution in [3.8, 4) is 0 Å². The Hall–Kier alpha value is -1.54. The number of pyridine rings is 1. The van der Waals surface area contributed by atoms with Crippen molar-refractivity contribution in [3.05, 3.63) is 58.4 Å². The maximum atomic E-state index is 5.88. The lowest BCUT2D eigenvalue weighted by atomic mass is 9.74. The number of hydrogen-bond donors (Lipinski definition) is 1. The van der Waals surface area contributed by atoms with Crippen molar-refractivity contribution in [2.75, 3.05) is 5.32 Å². The van der Waals surface area contributed by atoms with Crippen LogP contribution in [0.5, 0.6) is 0 Å². The molecule has 3 heteroatoms. The van der Waals surface area contributed by atoms with Gasteiger partial charge >= 0.3 is 0 Å². The molecule has 0 aliphatic heterocycles. The minimum atomic E-state index is 0.543. The molecule has 1 heterocycles. The molecule has 0 unspecified atom stereocenters. The van der Waals surface area contributed by atoms with Crippen molar-refractivity contribution in [2.45, 2.75) is 38.6 Å². The molecule has 1 aliphatic carbocycles. The summed E-state index contributed by atoms with van der Waals surface area (Å²) in [6, 6.07) is 13.1. The summed E-state index contributed by atoms with van der Waals surface area (Å²) in [6.45, 7) is 4.19. The number of aryl methyl sites for hydroxylation is 2. The molecule has 0 spiro atoms. The van der Waals surface area contributed by atoms with Gasteiger partial charge in [-0.25, -0.2) is 4.98 Å². The first kappa shape index (κ1) is 13.4. The topological polar surface area (TPSA) is 24.9 Å². The van der Waals surface area contributed by atoms with Crippen molar-refractivity contribution in [3.63, 3.8) is 0 Å². The number of hydrogen-bond acceptors (Lipinski definition) is 2. The van der Waals surface area contributed by atoms with Crippen molar-refractivity contribution < 1.29 is 0 Å². The number of nitrogens with zero attached hydrogens (tertiary/aromatic N) is 1. The SMILES string of the molecule is Cc1ccccc1C1CC(Nc2ccc(Cl)nc2C)C1. The number of benzene rings is 1. The predicted molar refractivity (Wildman–Crippen MR) is 84.5 cm³/mol. The van der Waals surface area contributed by atoms with E-state index in [0.717, 1.165) is 11.4 Å². The van der Waals surface area contributed by atoms with Crippen LogP contribution >= 0.6 is 11.6 Å². The highest BCUT2D eigenvalue weighted by atomic mass is 35.5. The number of rotatable bonds is 3. The molecular weight excluding hydrogens is 268 g/mol. The van der Waals surface area contributed by atoms with E-state index in [0.29, 0.717) is 17.1 Å². The zero-order valence-electron chi connectivity index (χ0n) is 11.9. The molecule has 1 aliphatic rings. The van der Waals surface area contributed by atoms with Gasteiger partial charge in [0.2, 0.25) is 0 Å². The lowest BCUT2D eigenvalue weighted by Crippen LogP contribution is -2.34. The lowest BCUT2D eigenvalue weighted by molar-refractivity contribution is 0.373. The molecule has 0 bridgehead atoms. The Morgan fingerprint density at radius 3 is 2.55 bits per heavy atom. The molecule has 104 valence electrons. The number of anilines is 1. The van der Waals surface area contributed by atoms with E-state index in [1.165, 1.54) is 24.0 Å². The Morgan fingerprint density at radius 2 is 1.85 bits per heavy atom. The summed E-state index contributed by atoms with van der Waals surface area (Å²) in [5.74, 6) is 0.689. The maximum absolute atomic E-state index is 5.88.